The lowest BCUT2D eigenvalue weighted by atomic mass is 9.56. The van der Waals surface area contributed by atoms with Gasteiger partial charge in [0.05, 0.1) is 44.0 Å². The maximum absolute atomic E-state index is 14.6. The number of rotatable bonds is 10. The summed E-state index contributed by atoms with van der Waals surface area (Å²) in [5.74, 6) is -4.55. The predicted octanol–water partition coefficient (Wildman–Crippen LogP) is 7.15. The van der Waals surface area contributed by atoms with Gasteiger partial charge in [0.15, 0.2) is 9.75 Å². The summed E-state index contributed by atoms with van der Waals surface area (Å²) >= 11 is 14.9. The molecule has 0 radical (unpaired) electrons. The quantitative estimate of drug-likeness (QED) is 0.0776. The number of alkyl halides is 2. The summed E-state index contributed by atoms with van der Waals surface area (Å²) in [5.41, 5.74) is 3.27. The van der Waals surface area contributed by atoms with Crippen molar-refractivity contribution >= 4 is 70.4 Å². The van der Waals surface area contributed by atoms with E-state index in [9.17, 15) is 28.7 Å². The number of anilines is 2. The number of hydrogen-bond donors (Lipinski definition) is 1. The van der Waals surface area contributed by atoms with Crippen LogP contribution in [0.5, 0.6) is 17.2 Å². The highest BCUT2D eigenvalue weighted by molar-refractivity contribution is 6.58. The summed E-state index contributed by atoms with van der Waals surface area (Å²) in [4.78, 5) is 55.8. The Labute approximate surface area is 338 Å². The molecule has 4 aliphatic rings. The van der Waals surface area contributed by atoms with Crippen LogP contribution in [0.2, 0.25) is 0 Å². The van der Waals surface area contributed by atoms with Crippen LogP contribution in [0.15, 0.2) is 103 Å². The molecule has 8 rings (SSSR count). The number of aliphatic hydroxyl groups excluding tert-OH is 1. The van der Waals surface area contributed by atoms with E-state index in [0.29, 0.717) is 34.1 Å². The summed E-state index contributed by atoms with van der Waals surface area (Å²) in [6, 6.07) is 24.1. The van der Waals surface area contributed by atoms with Gasteiger partial charge in [0.1, 0.15) is 29.7 Å². The third-order valence-corrected chi connectivity index (χ3v) is 12.9. The topological polar surface area (TPSA) is 123 Å². The number of carbonyl (C=O) groups excluding carboxylic acids is 4. The van der Waals surface area contributed by atoms with Crippen molar-refractivity contribution in [1.82, 2.24) is 0 Å². The second-order valence-corrected chi connectivity index (χ2v) is 15.7. The molecule has 1 saturated carbocycles. The largest absolute Gasteiger partial charge is 0.497 e. The minimum Gasteiger partial charge on any atom is -0.497 e. The Balaban J connectivity index is 1.14. The number of benzene rings is 4. The van der Waals surface area contributed by atoms with Gasteiger partial charge >= 0.3 is 0 Å². The van der Waals surface area contributed by atoms with Crippen LogP contribution in [0.1, 0.15) is 35.4 Å². The highest BCUT2D eigenvalue weighted by atomic mass is 35.5. The van der Waals surface area contributed by atoms with E-state index in [4.69, 9.17) is 37.4 Å². The highest BCUT2D eigenvalue weighted by Gasteiger charge is 2.76. The number of nitrogens with zero attached hydrogens (tertiary/aromatic N) is 2. The molecule has 0 unspecified atom stereocenters. The van der Waals surface area contributed by atoms with Gasteiger partial charge in [0, 0.05) is 11.5 Å². The number of hydrogen-bond acceptors (Lipinski definition) is 8. The number of amides is 4. The molecule has 57 heavy (non-hydrogen) atoms. The summed E-state index contributed by atoms with van der Waals surface area (Å²) in [7, 11) is 3.17. The van der Waals surface area contributed by atoms with E-state index in [1.54, 1.807) is 68.8 Å². The van der Waals surface area contributed by atoms with E-state index < -0.39 is 57.0 Å². The summed E-state index contributed by atoms with van der Waals surface area (Å²) < 4.78 is 30.4. The van der Waals surface area contributed by atoms with Gasteiger partial charge < -0.3 is 19.3 Å². The zero-order valence-electron chi connectivity index (χ0n) is 30.9. The number of halogens is 3. The fraction of sp³-hybridized carbons (Fsp3) is 0.273. The Bertz CT molecular complexity index is 2330. The fourth-order valence-corrected chi connectivity index (χ4v) is 9.77. The summed E-state index contributed by atoms with van der Waals surface area (Å²) in [6.07, 6.45) is 5.62. The van der Waals surface area contributed by atoms with Gasteiger partial charge in [-0.3, -0.25) is 24.1 Å². The van der Waals surface area contributed by atoms with Crippen molar-refractivity contribution in [3.05, 3.63) is 125 Å². The molecule has 4 amide bonds. The standard InChI is InChI=1S/C44H37Cl2FN2O8/c1-55-32-17-20-36(56-2)27(23-32)6-3-25-4-11-29(12-5-25)48-39(51)34-19-18-33-35(37(34)40(48)52)24-43(45)41(53)49(30-13-9-28(47)10-14-30)42(54)44(43,46)38(33)26-7-15-31(16-8-26)57-22-21-50/h3-18,20,23,34-35,37-38,50H,19,21-22,24H2,1-2H3/t34-,35+,37-,38-,43+,44-/m0/s1. The molecule has 292 valence electrons. The number of aliphatic hydroxyl groups is 1. The van der Waals surface area contributed by atoms with Gasteiger partial charge in [-0.15, -0.1) is 23.2 Å². The molecule has 3 fully saturated rings. The van der Waals surface area contributed by atoms with Gasteiger partial charge in [-0.05, 0) is 96.6 Å². The lowest BCUT2D eigenvalue weighted by Gasteiger charge is -2.50. The van der Waals surface area contributed by atoms with Crippen LogP contribution in [-0.4, -0.2) is 65.9 Å². The molecule has 0 aromatic heterocycles. The summed E-state index contributed by atoms with van der Waals surface area (Å²) in [6.45, 7) is -0.130. The first-order valence-electron chi connectivity index (χ1n) is 18.4. The molecule has 2 aliphatic heterocycles. The van der Waals surface area contributed by atoms with Crippen molar-refractivity contribution < 1.29 is 42.9 Å². The van der Waals surface area contributed by atoms with E-state index in [0.717, 1.165) is 28.2 Å². The fourth-order valence-electron chi connectivity index (χ4n) is 8.84. The molecule has 2 aliphatic carbocycles. The van der Waals surface area contributed by atoms with Crippen molar-refractivity contribution in [2.45, 2.75) is 28.5 Å². The predicted molar refractivity (Wildman–Crippen MR) is 213 cm³/mol. The molecule has 4 aromatic rings. The van der Waals surface area contributed by atoms with Gasteiger partial charge in [-0.2, -0.15) is 0 Å². The van der Waals surface area contributed by atoms with Crippen LogP contribution in [0.3, 0.4) is 0 Å². The Hall–Kier alpha value is -5.49. The zero-order chi connectivity index (χ0) is 40.2. The SMILES string of the molecule is COc1ccc(OC)c(C=Cc2ccc(N3C(=O)[C@H]4[C@H](CC=C5[C@H]4C[C@@]4(Cl)C(=O)N(c6ccc(F)cc6)C(=O)[C@@]4(Cl)[C@H]5c4ccc(OCCO)cc4)C3=O)cc2)c1. The number of allylic oxidation sites excluding steroid dienone is 2. The Morgan fingerprint density at radius 3 is 2.12 bits per heavy atom. The van der Waals surface area contributed by atoms with Crippen LogP contribution >= 0.6 is 23.2 Å². The maximum atomic E-state index is 14.6. The lowest BCUT2D eigenvalue weighted by molar-refractivity contribution is -0.125. The lowest BCUT2D eigenvalue weighted by Crippen LogP contribution is -2.60. The van der Waals surface area contributed by atoms with E-state index in [1.165, 1.54) is 17.0 Å². The third-order valence-electron chi connectivity index (χ3n) is 11.5. The first kappa shape index (κ1) is 38.4. The van der Waals surface area contributed by atoms with Crippen molar-refractivity contribution in [1.29, 1.82) is 0 Å². The second-order valence-electron chi connectivity index (χ2n) is 14.4. The van der Waals surface area contributed by atoms with Crippen LogP contribution in [0.25, 0.3) is 12.2 Å². The minimum absolute atomic E-state index is 0.0630. The zero-order valence-corrected chi connectivity index (χ0v) is 32.4. The third kappa shape index (κ3) is 6.11. The molecule has 2 saturated heterocycles. The van der Waals surface area contributed by atoms with Crippen molar-refractivity contribution in [3.8, 4) is 17.2 Å². The Morgan fingerprint density at radius 1 is 0.789 bits per heavy atom. The van der Waals surface area contributed by atoms with E-state index in [-0.39, 0.29) is 37.6 Å². The average molecular weight is 812 g/mol. The molecule has 0 spiro atoms. The minimum atomic E-state index is -2.06. The monoisotopic (exact) mass is 810 g/mol. The van der Waals surface area contributed by atoms with Gasteiger partial charge in [0.2, 0.25) is 11.8 Å². The van der Waals surface area contributed by atoms with Crippen LogP contribution in [-0.2, 0) is 19.2 Å². The molecule has 4 aromatic carbocycles. The second kappa shape index (κ2) is 14.8. The maximum Gasteiger partial charge on any atom is 0.258 e. The number of imide groups is 2. The number of methoxy groups -OCH3 is 2. The van der Waals surface area contributed by atoms with Crippen molar-refractivity contribution in [3.63, 3.8) is 0 Å². The Kier molecular flexibility index (Phi) is 9.96. The molecular formula is C44H37Cl2FN2O8. The molecule has 13 heteroatoms. The smallest absolute Gasteiger partial charge is 0.258 e. The normalized spacial score (nSPS) is 26.7. The highest BCUT2D eigenvalue weighted by Crippen LogP contribution is 2.66. The van der Waals surface area contributed by atoms with E-state index in [1.807, 2.05) is 30.4 Å². The first-order chi connectivity index (χ1) is 27.4. The van der Waals surface area contributed by atoms with Crippen molar-refractivity contribution in [2.75, 3.05) is 37.2 Å². The Morgan fingerprint density at radius 2 is 1.46 bits per heavy atom. The van der Waals surface area contributed by atoms with E-state index in [2.05, 4.69) is 0 Å². The molecule has 1 N–H and O–H groups in total. The molecule has 6 atom stereocenters. The molecular weight excluding hydrogens is 774 g/mol. The first-order valence-corrected chi connectivity index (χ1v) is 19.1. The average Bonchev–Trinajstić information content (AvgIpc) is 3.57. The van der Waals surface area contributed by atoms with Gasteiger partial charge in [-0.25, -0.2) is 9.29 Å². The molecule has 2 heterocycles. The molecule has 10 nitrogen and oxygen atoms in total. The number of fused-ring (bicyclic) bond motifs is 4. The van der Waals surface area contributed by atoms with Gasteiger partial charge in [0.25, 0.3) is 11.8 Å². The number of ether oxygens (including phenoxy) is 3. The van der Waals surface area contributed by atoms with Gasteiger partial charge in [-0.1, -0.05) is 48.1 Å². The summed E-state index contributed by atoms with van der Waals surface area (Å²) in [5, 5.41) is 9.25. The molecule has 0 bridgehead atoms. The van der Waals surface area contributed by atoms with E-state index >= 15 is 0 Å². The van der Waals surface area contributed by atoms with Crippen LogP contribution in [0.4, 0.5) is 15.8 Å². The van der Waals surface area contributed by atoms with Crippen LogP contribution < -0.4 is 24.0 Å². The van der Waals surface area contributed by atoms with Crippen molar-refractivity contribution in [2.24, 2.45) is 17.8 Å². The number of carbonyl (C=O) groups is 4. The van der Waals surface area contributed by atoms with Crippen LogP contribution in [0, 0.1) is 23.6 Å².